The van der Waals surface area contributed by atoms with Crippen LogP contribution in [0.2, 0.25) is 5.02 Å². The number of hydrogen-bond donors (Lipinski definition) is 1. The fourth-order valence-corrected chi connectivity index (χ4v) is 2.23. The minimum atomic E-state index is 0.490. The van der Waals surface area contributed by atoms with Crippen LogP contribution in [-0.4, -0.2) is 11.5 Å². The van der Waals surface area contributed by atoms with Crippen molar-refractivity contribution in [1.82, 2.24) is 10.3 Å². The molecule has 2 aromatic rings. The number of halogens is 2. The molecule has 0 atom stereocenters. The summed E-state index contributed by atoms with van der Waals surface area (Å²) >= 11 is 9.56. The predicted molar refractivity (Wildman–Crippen MR) is 89.7 cm³/mol. The molecule has 0 radical (unpaired) electrons. The quantitative estimate of drug-likeness (QED) is 0.726. The van der Waals surface area contributed by atoms with Crippen LogP contribution in [0, 0.1) is 0 Å². The summed E-state index contributed by atoms with van der Waals surface area (Å²) in [4.78, 5) is 4.45. The van der Waals surface area contributed by atoms with E-state index in [0.717, 1.165) is 28.7 Å². The highest BCUT2D eigenvalue weighted by molar-refractivity contribution is 9.10. The molecule has 1 aromatic carbocycles. The lowest BCUT2D eigenvalue weighted by molar-refractivity contribution is 0.293. The Morgan fingerprint density at radius 1 is 1.19 bits per heavy atom. The first-order valence-electron chi connectivity index (χ1n) is 6.92. The first-order chi connectivity index (χ1) is 10.2. The lowest BCUT2D eigenvalue weighted by Gasteiger charge is -2.09. The monoisotopic (exact) mass is 368 g/mol. The summed E-state index contributed by atoms with van der Waals surface area (Å²) in [5.74, 6) is 0.593. The maximum atomic E-state index is 6.15. The average molecular weight is 370 g/mol. The Labute approximate surface area is 138 Å². The molecule has 0 aliphatic carbocycles. The second kappa shape index (κ2) is 8.37. The van der Waals surface area contributed by atoms with E-state index >= 15 is 0 Å². The Morgan fingerprint density at radius 3 is 2.67 bits per heavy atom. The summed E-state index contributed by atoms with van der Waals surface area (Å²) in [6, 6.07) is 11.6. The van der Waals surface area contributed by atoms with Crippen molar-refractivity contribution < 1.29 is 4.74 Å². The average Bonchev–Trinajstić information content (AvgIpc) is 2.49. The van der Waals surface area contributed by atoms with Crippen molar-refractivity contribution in [2.75, 3.05) is 6.54 Å². The molecule has 0 amide bonds. The highest BCUT2D eigenvalue weighted by Crippen LogP contribution is 2.19. The highest BCUT2D eigenvalue weighted by Gasteiger charge is 2.05. The minimum absolute atomic E-state index is 0.490. The number of hydrogen-bond acceptors (Lipinski definition) is 3. The van der Waals surface area contributed by atoms with Crippen LogP contribution < -0.4 is 10.1 Å². The zero-order valence-corrected chi connectivity index (χ0v) is 14.2. The Bertz CT molecular complexity index is 575. The van der Waals surface area contributed by atoms with E-state index in [2.05, 4.69) is 33.2 Å². The van der Waals surface area contributed by atoms with E-state index < -0.39 is 0 Å². The standard InChI is InChI=1S/C16H18BrClN2O/c1-2-9-19-10-15-14(18)7-8-16(20-15)21-11-12-3-5-13(17)6-4-12/h3-8,19H,2,9-11H2,1H3. The number of ether oxygens (including phenoxy) is 1. The van der Waals surface area contributed by atoms with Gasteiger partial charge >= 0.3 is 0 Å². The van der Waals surface area contributed by atoms with E-state index in [1.165, 1.54) is 0 Å². The van der Waals surface area contributed by atoms with Crippen molar-refractivity contribution >= 4 is 27.5 Å². The van der Waals surface area contributed by atoms with Gasteiger partial charge in [-0.1, -0.05) is 46.6 Å². The number of rotatable bonds is 7. The van der Waals surface area contributed by atoms with Crippen molar-refractivity contribution in [3.8, 4) is 5.88 Å². The van der Waals surface area contributed by atoms with Crippen molar-refractivity contribution in [2.45, 2.75) is 26.5 Å². The van der Waals surface area contributed by atoms with Gasteiger partial charge in [-0.15, -0.1) is 0 Å². The molecule has 0 fully saturated rings. The zero-order valence-electron chi connectivity index (χ0n) is 11.9. The van der Waals surface area contributed by atoms with Crippen LogP contribution in [0.25, 0.3) is 0 Å². The van der Waals surface area contributed by atoms with Crippen LogP contribution >= 0.6 is 27.5 Å². The van der Waals surface area contributed by atoms with Gasteiger partial charge in [-0.05, 0) is 36.7 Å². The third kappa shape index (κ3) is 5.30. The highest BCUT2D eigenvalue weighted by atomic mass is 79.9. The van der Waals surface area contributed by atoms with E-state index in [1.54, 1.807) is 6.07 Å². The third-order valence-corrected chi connectivity index (χ3v) is 3.79. The van der Waals surface area contributed by atoms with Gasteiger partial charge in [0.1, 0.15) is 6.61 Å². The third-order valence-electron chi connectivity index (χ3n) is 2.91. The van der Waals surface area contributed by atoms with Gasteiger partial charge in [0.25, 0.3) is 0 Å². The Hall–Kier alpha value is -1.10. The molecular weight excluding hydrogens is 352 g/mol. The Morgan fingerprint density at radius 2 is 1.95 bits per heavy atom. The second-order valence-electron chi connectivity index (χ2n) is 4.67. The molecule has 112 valence electrons. The Balaban J connectivity index is 1.96. The lowest BCUT2D eigenvalue weighted by Crippen LogP contribution is -2.15. The largest absolute Gasteiger partial charge is 0.473 e. The van der Waals surface area contributed by atoms with Gasteiger partial charge in [-0.2, -0.15) is 0 Å². The molecule has 0 saturated heterocycles. The van der Waals surface area contributed by atoms with Crippen LogP contribution in [0.15, 0.2) is 40.9 Å². The van der Waals surface area contributed by atoms with Gasteiger partial charge in [0.05, 0.1) is 10.7 Å². The van der Waals surface area contributed by atoms with Crippen LogP contribution in [-0.2, 0) is 13.2 Å². The summed E-state index contributed by atoms with van der Waals surface area (Å²) < 4.78 is 6.78. The number of nitrogens with one attached hydrogen (secondary N) is 1. The van der Waals surface area contributed by atoms with Crippen LogP contribution in [0.5, 0.6) is 5.88 Å². The summed E-state index contributed by atoms with van der Waals surface area (Å²) in [5.41, 5.74) is 1.92. The zero-order chi connectivity index (χ0) is 15.1. The molecule has 0 bridgehead atoms. The molecular formula is C16H18BrClN2O. The fraction of sp³-hybridized carbons (Fsp3) is 0.312. The second-order valence-corrected chi connectivity index (χ2v) is 5.99. The van der Waals surface area contributed by atoms with Gasteiger partial charge < -0.3 is 10.1 Å². The summed E-state index contributed by atoms with van der Waals surface area (Å²) in [6.07, 6.45) is 1.08. The number of benzene rings is 1. The molecule has 0 aliphatic rings. The molecule has 21 heavy (non-hydrogen) atoms. The molecule has 2 rings (SSSR count). The molecule has 1 heterocycles. The molecule has 0 saturated carbocycles. The fourth-order valence-electron chi connectivity index (χ4n) is 1.79. The van der Waals surface area contributed by atoms with Gasteiger partial charge in [-0.3, -0.25) is 0 Å². The minimum Gasteiger partial charge on any atom is -0.473 e. The Kier molecular flexibility index (Phi) is 6.49. The first-order valence-corrected chi connectivity index (χ1v) is 8.09. The van der Waals surface area contributed by atoms with Gasteiger partial charge in [-0.25, -0.2) is 4.98 Å². The molecule has 0 unspecified atom stereocenters. The smallest absolute Gasteiger partial charge is 0.213 e. The summed E-state index contributed by atoms with van der Waals surface area (Å²) in [6.45, 7) is 4.22. The van der Waals surface area contributed by atoms with Crippen molar-refractivity contribution in [2.24, 2.45) is 0 Å². The maximum Gasteiger partial charge on any atom is 0.213 e. The first kappa shape index (κ1) is 16.3. The molecule has 1 aromatic heterocycles. The lowest BCUT2D eigenvalue weighted by atomic mass is 10.2. The van der Waals surface area contributed by atoms with Gasteiger partial charge in [0.15, 0.2) is 0 Å². The molecule has 3 nitrogen and oxygen atoms in total. The topological polar surface area (TPSA) is 34.2 Å². The normalized spacial score (nSPS) is 10.6. The summed E-state index contributed by atoms with van der Waals surface area (Å²) in [5, 5.41) is 3.95. The maximum absolute atomic E-state index is 6.15. The van der Waals surface area contributed by atoms with E-state index in [-0.39, 0.29) is 0 Å². The van der Waals surface area contributed by atoms with E-state index in [9.17, 15) is 0 Å². The molecule has 1 N–H and O–H groups in total. The SMILES string of the molecule is CCCNCc1nc(OCc2ccc(Br)cc2)ccc1Cl. The van der Waals surface area contributed by atoms with Crippen molar-refractivity contribution in [3.63, 3.8) is 0 Å². The van der Waals surface area contributed by atoms with Crippen molar-refractivity contribution in [1.29, 1.82) is 0 Å². The van der Waals surface area contributed by atoms with Crippen LogP contribution in [0.1, 0.15) is 24.6 Å². The van der Waals surface area contributed by atoms with Crippen molar-refractivity contribution in [3.05, 3.63) is 57.2 Å². The molecule has 0 aliphatic heterocycles. The van der Waals surface area contributed by atoms with Crippen LogP contribution in [0.4, 0.5) is 0 Å². The predicted octanol–water partition coefficient (Wildman–Crippen LogP) is 4.58. The van der Waals surface area contributed by atoms with E-state index in [4.69, 9.17) is 16.3 Å². The van der Waals surface area contributed by atoms with Crippen LogP contribution in [0.3, 0.4) is 0 Å². The number of nitrogens with zero attached hydrogens (tertiary/aromatic N) is 1. The number of pyridine rings is 1. The molecule has 5 heteroatoms. The van der Waals surface area contributed by atoms with E-state index in [1.807, 2.05) is 30.3 Å². The number of aromatic nitrogens is 1. The molecule has 0 spiro atoms. The van der Waals surface area contributed by atoms with Gasteiger partial charge in [0.2, 0.25) is 5.88 Å². The van der Waals surface area contributed by atoms with E-state index in [0.29, 0.717) is 24.1 Å². The van der Waals surface area contributed by atoms with Gasteiger partial charge in [0, 0.05) is 17.1 Å². The summed E-state index contributed by atoms with van der Waals surface area (Å²) in [7, 11) is 0.